The average Bonchev–Trinajstić information content (AvgIpc) is 2.80. The normalized spacial score (nSPS) is 22.1. The molecule has 1 amide bonds. The van der Waals surface area contributed by atoms with E-state index in [9.17, 15) is 19.8 Å². The summed E-state index contributed by atoms with van der Waals surface area (Å²) in [6.45, 7) is 0.134. The van der Waals surface area contributed by atoms with Gasteiger partial charge in [-0.15, -0.1) is 0 Å². The van der Waals surface area contributed by atoms with Crippen LogP contribution in [-0.4, -0.2) is 46.5 Å². The smallest absolute Gasteiger partial charge is 0.311 e. The third kappa shape index (κ3) is 2.76. The number of aliphatic carboxylic acids is 1. The molecule has 4 N–H and O–H groups in total. The van der Waals surface area contributed by atoms with E-state index in [-0.39, 0.29) is 30.3 Å². The molecular formula is C12H13NO6. The van der Waals surface area contributed by atoms with Crippen LogP contribution in [0.5, 0.6) is 11.5 Å². The maximum atomic E-state index is 11.9. The number of hydrogen-bond acceptors (Lipinski definition) is 5. The van der Waals surface area contributed by atoms with Crippen molar-refractivity contribution in [1.29, 1.82) is 0 Å². The lowest BCUT2D eigenvalue weighted by Crippen LogP contribution is -2.42. The Hall–Kier alpha value is -2.28. The van der Waals surface area contributed by atoms with Crippen molar-refractivity contribution < 1.29 is 29.6 Å². The summed E-state index contributed by atoms with van der Waals surface area (Å²) in [5.41, 5.74) is -0.115. The van der Waals surface area contributed by atoms with Crippen molar-refractivity contribution in [3.8, 4) is 11.5 Å². The average molecular weight is 267 g/mol. The van der Waals surface area contributed by atoms with E-state index >= 15 is 0 Å². The molecule has 7 heteroatoms. The zero-order valence-corrected chi connectivity index (χ0v) is 9.87. The van der Waals surface area contributed by atoms with Gasteiger partial charge in [-0.2, -0.15) is 0 Å². The molecule has 1 fully saturated rings. The van der Waals surface area contributed by atoms with Crippen LogP contribution < -0.4 is 5.32 Å². The summed E-state index contributed by atoms with van der Waals surface area (Å²) in [6.07, 6.45) is 0. The maximum absolute atomic E-state index is 11.9. The Morgan fingerprint density at radius 1 is 1.26 bits per heavy atom. The Bertz CT molecular complexity index is 515. The third-order valence-electron chi connectivity index (χ3n) is 2.94. The van der Waals surface area contributed by atoms with Crippen molar-refractivity contribution in [3.63, 3.8) is 0 Å². The number of phenols is 2. The molecular weight excluding hydrogens is 254 g/mol. The summed E-state index contributed by atoms with van der Waals surface area (Å²) in [7, 11) is 0. The number of aromatic hydroxyl groups is 2. The predicted molar refractivity (Wildman–Crippen MR) is 63.0 cm³/mol. The van der Waals surface area contributed by atoms with E-state index in [0.717, 1.165) is 6.07 Å². The molecule has 1 aromatic rings. The van der Waals surface area contributed by atoms with Gasteiger partial charge in [-0.1, -0.05) is 0 Å². The van der Waals surface area contributed by atoms with Crippen LogP contribution in [0.2, 0.25) is 0 Å². The molecule has 102 valence electrons. The molecule has 1 heterocycles. The van der Waals surface area contributed by atoms with E-state index in [1.165, 1.54) is 12.1 Å². The molecule has 0 aromatic heterocycles. The number of nitrogens with one attached hydrogen (secondary N) is 1. The molecule has 1 aromatic carbocycles. The maximum Gasteiger partial charge on any atom is 0.311 e. The molecule has 1 saturated heterocycles. The van der Waals surface area contributed by atoms with Crippen LogP contribution in [0.4, 0.5) is 0 Å². The number of rotatable bonds is 3. The highest BCUT2D eigenvalue weighted by Gasteiger charge is 2.35. The molecule has 7 nitrogen and oxygen atoms in total. The van der Waals surface area contributed by atoms with Crippen molar-refractivity contribution in [2.45, 2.75) is 6.04 Å². The van der Waals surface area contributed by atoms with E-state index in [0.29, 0.717) is 0 Å². The van der Waals surface area contributed by atoms with Gasteiger partial charge in [-0.3, -0.25) is 9.59 Å². The summed E-state index contributed by atoms with van der Waals surface area (Å²) in [5, 5.41) is 30.2. The fourth-order valence-electron chi connectivity index (χ4n) is 1.89. The molecule has 2 rings (SSSR count). The number of phenolic OH excluding ortho intramolecular Hbond substituents is 2. The minimum Gasteiger partial charge on any atom is -0.508 e. The Labute approximate surface area is 108 Å². The van der Waals surface area contributed by atoms with E-state index < -0.39 is 23.8 Å². The number of benzene rings is 1. The minimum atomic E-state index is -1.05. The first kappa shape index (κ1) is 13.2. The van der Waals surface area contributed by atoms with E-state index in [1.54, 1.807) is 0 Å². The second-order valence-electron chi connectivity index (χ2n) is 4.26. The number of carboxylic acids is 1. The number of carbonyl (C=O) groups excluding carboxylic acids is 1. The Morgan fingerprint density at radius 3 is 2.68 bits per heavy atom. The number of hydrogen-bond donors (Lipinski definition) is 4. The molecule has 0 bridgehead atoms. The summed E-state index contributed by atoms with van der Waals surface area (Å²) in [4.78, 5) is 22.8. The first-order valence-corrected chi connectivity index (χ1v) is 5.62. The van der Waals surface area contributed by atoms with Crippen LogP contribution in [0.1, 0.15) is 10.4 Å². The van der Waals surface area contributed by atoms with Crippen LogP contribution >= 0.6 is 0 Å². The van der Waals surface area contributed by atoms with Gasteiger partial charge in [0.2, 0.25) is 0 Å². The van der Waals surface area contributed by atoms with Crippen molar-refractivity contribution in [1.82, 2.24) is 5.32 Å². The van der Waals surface area contributed by atoms with Gasteiger partial charge in [0, 0.05) is 0 Å². The number of amides is 1. The fourth-order valence-corrected chi connectivity index (χ4v) is 1.89. The summed E-state index contributed by atoms with van der Waals surface area (Å²) in [5.74, 6) is -2.98. The SMILES string of the molecule is O=C(NC1COCC1C(=O)O)c1cc(O)ccc1O. The molecule has 0 radical (unpaired) electrons. The number of carboxylic acid groups (broad SMARTS) is 1. The molecule has 0 saturated carbocycles. The topological polar surface area (TPSA) is 116 Å². The lowest BCUT2D eigenvalue weighted by molar-refractivity contribution is -0.142. The summed E-state index contributed by atoms with van der Waals surface area (Å²) in [6, 6.07) is 2.87. The highest BCUT2D eigenvalue weighted by atomic mass is 16.5. The zero-order chi connectivity index (χ0) is 14.0. The van der Waals surface area contributed by atoms with Crippen molar-refractivity contribution in [3.05, 3.63) is 23.8 Å². The fraction of sp³-hybridized carbons (Fsp3) is 0.333. The monoisotopic (exact) mass is 267 g/mol. The second kappa shape index (κ2) is 5.15. The van der Waals surface area contributed by atoms with Crippen LogP contribution in [0.15, 0.2) is 18.2 Å². The molecule has 1 aliphatic heterocycles. The predicted octanol–water partition coefficient (Wildman–Crippen LogP) is -0.0728. The highest BCUT2D eigenvalue weighted by Crippen LogP contribution is 2.23. The van der Waals surface area contributed by atoms with E-state index in [4.69, 9.17) is 9.84 Å². The lowest BCUT2D eigenvalue weighted by Gasteiger charge is -2.16. The van der Waals surface area contributed by atoms with Crippen molar-refractivity contribution in [2.75, 3.05) is 13.2 Å². The van der Waals surface area contributed by atoms with Crippen LogP contribution in [0, 0.1) is 5.92 Å². The van der Waals surface area contributed by atoms with Crippen LogP contribution in [0.3, 0.4) is 0 Å². The van der Waals surface area contributed by atoms with Gasteiger partial charge in [-0.25, -0.2) is 0 Å². The minimum absolute atomic E-state index is 0.0340. The summed E-state index contributed by atoms with van der Waals surface area (Å²) >= 11 is 0. The van der Waals surface area contributed by atoms with Crippen LogP contribution in [-0.2, 0) is 9.53 Å². The first-order chi connectivity index (χ1) is 8.99. The number of ether oxygens (including phenoxy) is 1. The summed E-state index contributed by atoms with van der Waals surface area (Å²) < 4.78 is 5.01. The lowest BCUT2D eigenvalue weighted by atomic mass is 10.0. The quantitative estimate of drug-likeness (QED) is 0.569. The van der Waals surface area contributed by atoms with Gasteiger partial charge < -0.3 is 25.4 Å². The van der Waals surface area contributed by atoms with Gasteiger partial charge in [0.1, 0.15) is 17.4 Å². The highest BCUT2D eigenvalue weighted by molar-refractivity contribution is 5.97. The van der Waals surface area contributed by atoms with E-state index in [1.807, 2.05) is 0 Å². The van der Waals surface area contributed by atoms with Gasteiger partial charge in [0.05, 0.1) is 24.8 Å². The van der Waals surface area contributed by atoms with Crippen molar-refractivity contribution in [2.24, 2.45) is 5.92 Å². The molecule has 0 spiro atoms. The van der Waals surface area contributed by atoms with Gasteiger partial charge in [-0.05, 0) is 18.2 Å². The van der Waals surface area contributed by atoms with Crippen LogP contribution in [0.25, 0.3) is 0 Å². The second-order valence-corrected chi connectivity index (χ2v) is 4.26. The molecule has 2 unspecified atom stereocenters. The molecule has 19 heavy (non-hydrogen) atoms. The molecule has 2 atom stereocenters. The van der Waals surface area contributed by atoms with Gasteiger partial charge >= 0.3 is 5.97 Å². The standard InChI is InChI=1S/C12H13NO6/c14-6-1-2-10(15)7(3-6)11(16)13-9-5-19-4-8(9)12(17)18/h1-3,8-9,14-15H,4-5H2,(H,13,16)(H,17,18). The van der Waals surface area contributed by atoms with Gasteiger partial charge in [0.15, 0.2) is 0 Å². The number of carbonyl (C=O) groups is 2. The Balaban J connectivity index is 2.12. The Morgan fingerprint density at radius 2 is 2.00 bits per heavy atom. The van der Waals surface area contributed by atoms with Crippen molar-refractivity contribution >= 4 is 11.9 Å². The van der Waals surface area contributed by atoms with E-state index in [2.05, 4.69) is 5.32 Å². The zero-order valence-electron chi connectivity index (χ0n) is 9.87. The Kier molecular flexibility index (Phi) is 3.57. The molecule has 0 aliphatic carbocycles. The third-order valence-corrected chi connectivity index (χ3v) is 2.94. The largest absolute Gasteiger partial charge is 0.508 e. The van der Waals surface area contributed by atoms with Gasteiger partial charge in [0.25, 0.3) is 5.91 Å². The first-order valence-electron chi connectivity index (χ1n) is 5.62. The molecule has 1 aliphatic rings.